The van der Waals surface area contributed by atoms with Crippen LogP contribution in [0.15, 0.2) is 36.8 Å². The summed E-state index contributed by atoms with van der Waals surface area (Å²) < 4.78 is 2.25. The SMILES string of the molecule is CC(C)n1cncc1CN1CCNCc2ccccc21. The van der Waals surface area contributed by atoms with Gasteiger partial charge in [-0.2, -0.15) is 0 Å². The van der Waals surface area contributed by atoms with E-state index in [0.717, 1.165) is 26.2 Å². The van der Waals surface area contributed by atoms with Crippen LogP contribution in [-0.4, -0.2) is 22.6 Å². The molecule has 1 aliphatic rings. The van der Waals surface area contributed by atoms with Gasteiger partial charge in [0.25, 0.3) is 0 Å². The number of fused-ring (bicyclic) bond motifs is 1. The van der Waals surface area contributed by atoms with Crippen LogP contribution in [0.2, 0.25) is 0 Å². The Balaban J connectivity index is 1.88. The molecule has 1 aromatic carbocycles. The summed E-state index contributed by atoms with van der Waals surface area (Å²) in [6.07, 6.45) is 3.92. The smallest absolute Gasteiger partial charge is 0.0951 e. The maximum atomic E-state index is 4.31. The molecule has 0 spiro atoms. The summed E-state index contributed by atoms with van der Waals surface area (Å²) >= 11 is 0. The van der Waals surface area contributed by atoms with Crippen LogP contribution in [0.5, 0.6) is 0 Å². The Morgan fingerprint density at radius 2 is 2.15 bits per heavy atom. The number of nitrogens with zero attached hydrogens (tertiary/aromatic N) is 3. The van der Waals surface area contributed by atoms with Crippen molar-refractivity contribution >= 4 is 5.69 Å². The van der Waals surface area contributed by atoms with Gasteiger partial charge in [-0.05, 0) is 25.5 Å². The highest BCUT2D eigenvalue weighted by Gasteiger charge is 2.16. The summed E-state index contributed by atoms with van der Waals surface area (Å²) in [5, 5.41) is 3.49. The van der Waals surface area contributed by atoms with Crippen LogP contribution in [0.25, 0.3) is 0 Å². The average Bonchev–Trinajstić information content (AvgIpc) is 2.81. The largest absolute Gasteiger partial charge is 0.364 e. The fraction of sp³-hybridized carbons (Fsp3) is 0.438. The normalized spacial score (nSPS) is 15.2. The highest BCUT2D eigenvalue weighted by atomic mass is 15.2. The topological polar surface area (TPSA) is 33.1 Å². The minimum Gasteiger partial charge on any atom is -0.364 e. The second-order valence-corrected chi connectivity index (χ2v) is 5.61. The van der Waals surface area contributed by atoms with Gasteiger partial charge in [-0.25, -0.2) is 4.98 Å². The molecule has 1 aromatic heterocycles. The third-order valence-corrected chi connectivity index (χ3v) is 3.86. The number of hydrogen-bond donors (Lipinski definition) is 1. The molecular weight excluding hydrogens is 248 g/mol. The monoisotopic (exact) mass is 270 g/mol. The standard InChI is InChI=1S/C16H22N4/c1-13(2)20-12-18-10-15(20)11-19-8-7-17-9-14-5-3-4-6-16(14)19/h3-6,10,12-13,17H,7-9,11H2,1-2H3. The molecule has 4 heteroatoms. The van der Waals surface area contributed by atoms with Crippen molar-refractivity contribution in [1.82, 2.24) is 14.9 Å². The van der Waals surface area contributed by atoms with Crippen molar-refractivity contribution < 1.29 is 0 Å². The number of aromatic nitrogens is 2. The molecule has 0 saturated heterocycles. The van der Waals surface area contributed by atoms with E-state index in [1.54, 1.807) is 0 Å². The summed E-state index contributed by atoms with van der Waals surface area (Å²) in [4.78, 5) is 6.76. The van der Waals surface area contributed by atoms with Gasteiger partial charge in [0.1, 0.15) is 0 Å². The summed E-state index contributed by atoms with van der Waals surface area (Å²) in [7, 11) is 0. The highest BCUT2D eigenvalue weighted by molar-refractivity contribution is 5.54. The quantitative estimate of drug-likeness (QED) is 0.930. The minimum absolute atomic E-state index is 0.452. The zero-order valence-corrected chi connectivity index (χ0v) is 12.2. The van der Waals surface area contributed by atoms with E-state index in [-0.39, 0.29) is 0 Å². The number of rotatable bonds is 3. The molecule has 0 aliphatic carbocycles. The Kier molecular flexibility index (Phi) is 3.74. The zero-order valence-electron chi connectivity index (χ0n) is 12.2. The zero-order chi connectivity index (χ0) is 13.9. The molecule has 0 saturated carbocycles. The second kappa shape index (κ2) is 5.67. The van der Waals surface area contributed by atoms with Gasteiger partial charge < -0.3 is 14.8 Å². The second-order valence-electron chi connectivity index (χ2n) is 5.61. The van der Waals surface area contributed by atoms with Crippen LogP contribution >= 0.6 is 0 Å². The van der Waals surface area contributed by atoms with Gasteiger partial charge in [0, 0.05) is 37.6 Å². The lowest BCUT2D eigenvalue weighted by Crippen LogP contribution is -2.29. The minimum atomic E-state index is 0.452. The van der Waals surface area contributed by atoms with Crippen LogP contribution in [0.4, 0.5) is 5.69 Å². The van der Waals surface area contributed by atoms with E-state index < -0.39 is 0 Å². The van der Waals surface area contributed by atoms with Crippen molar-refractivity contribution in [3.63, 3.8) is 0 Å². The summed E-state index contributed by atoms with van der Waals surface area (Å²) in [5.74, 6) is 0. The van der Waals surface area contributed by atoms with Gasteiger partial charge >= 0.3 is 0 Å². The van der Waals surface area contributed by atoms with E-state index >= 15 is 0 Å². The predicted molar refractivity (Wildman–Crippen MR) is 81.8 cm³/mol. The molecule has 0 bridgehead atoms. The van der Waals surface area contributed by atoms with Gasteiger partial charge in [0.15, 0.2) is 0 Å². The van der Waals surface area contributed by atoms with Crippen LogP contribution in [0.3, 0.4) is 0 Å². The van der Waals surface area contributed by atoms with Crippen molar-refractivity contribution in [2.45, 2.75) is 33.0 Å². The molecule has 0 atom stereocenters. The first-order chi connectivity index (χ1) is 9.75. The Morgan fingerprint density at radius 1 is 1.30 bits per heavy atom. The van der Waals surface area contributed by atoms with Crippen molar-refractivity contribution in [3.8, 4) is 0 Å². The van der Waals surface area contributed by atoms with Gasteiger partial charge in [-0.3, -0.25) is 0 Å². The molecule has 0 radical (unpaired) electrons. The maximum absolute atomic E-state index is 4.31. The van der Waals surface area contributed by atoms with E-state index in [1.807, 2.05) is 12.5 Å². The fourth-order valence-electron chi connectivity index (χ4n) is 2.81. The molecule has 0 fully saturated rings. The van der Waals surface area contributed by atoms with Crippen LogP contribution in [0, 0.1) is 0 Å². The number of benzene rings is 1. The summed E-state index contributed by atoms with van der Waals surface area (Å²) in [6.45, 7) is 8.31. The lowest BCUT2D eigenvalue weighted by molar-refractivity contribution is 0.566. The summed E-state index contributed by atoms with van der Waals surface area (Å²) in [6, 6.07) is 9.12. The third-order valence-electron chi connectivity index (χ3n) is 3.86. The van der Waals surface area contributed by atoms with Crippen molar-refractivity contribution in [2.24, 2.45) is 0 Å². The first kappa shape index (κ1) is 13.2. The van der Waals surface area contributed by atoms with Crippen LogP contribution < -0.4 is 10.2 Å². The molecule has 0 unspecified atom stereocenters. The van der Waals surface area contributed by atoms with Crippen molar-refractivity contribution in [2.75, 3.05) is 18.0 Å². The number of hydrogen-bond acceptors (Lipinski definition) is 3. The Bertz CT molecular complexity index is 573. The molecule has 20 heavy (non-hydrogen) atoms. The summed E-state index contributed by atoms with van der Waals surface area (Å²) in [5.41, 5.74) is 3.99. The number of nitrogens with one attached hydrogen (secondary N) is 1. The molecule has 1 N–H and O–H groups in total. The van der Waals surface area contributed by atoms with Crippen LogP contribution in [-0.2, 0) is 13.1 Å². The third kappa shape index (κ3) is 2.56. The lowest BCUT2D eigenvalue weighted by atomic mass is 10.1. The Hall–Kier alpha value is -1.81. The van der Waals surface area contributed by atoms with Gasteiger partial charge in [0.2, 0.25) is 0 Å². The first-order valence-electron chi connectivity index (χ1n) is 7.30. The van der Waals surface area contributed by atoms with Crippen molar-refractivity contribution in [3.05, 3.63) is 48.0 Å². The Morgan fingerprint density at radius 3 is 3.00 bits per heavy atom. The molecule has 2 aromatic rings. The van der Waals surface area contributed by atoms with E-state index in [9.17, 15) is 0 Å². The van der Waals surface area contributed by atoms with E-state index in [0.29, 0.717) is 6.04 Å². The highest BCUT2D eigenvalue weighted by Crippen LogP contribution is 2.24. The fourth-order valence-corrected chi connectivity index (χ4v) is 2.81. The average molecular weight is 270 g/mol. The van der Waals surface area contributed by atoms with E-state index in [1.165, 1.54) is 16.9 Å². The maximum Gasteiger partial charge on any atom is 0.0951 e. The number of imidazole rings is 1. The van der Waals surface area contributed by atoms with E-state index in [2.05, 4.69) is 57.9 Å². The van der Waals surface area contributed by atoms with Gasteiger partial charge in [-0.15, -0.1) is 0 Å². The predicted octanol–water partition coefficient (Wildman–Crippen LogP) is 2.57. The molecular formula is C16H22N4. The van der Waals surface area contributed by atoms with E-state index in [4.69, 9.17) is 0 Å². The van der Waals surface area contributed by atoms with Crippen molar-refractivity contribution in [1.29, 1.82) is 0 Å². The molecule has 0 amide bonds. The van der Waals surface area contributed by atoms with Gasteiger partial charge in [-0.1, -0.05) is 18.2 Å². The lowest BCUT2D eigenvalue weighted by Gasteiger charge is -2.25. The number of anilines is 1. The number of para-hydroxylation sites is 1. The molecule has 2 heterocycles. The molecule has 3 rings (SSSR count). The molecule has 4 nitrogen and oxygen atoms in total. The Labute approximate surface area is 120 Å². The first-order valence-corrected chi connectivity index (χ1v) is 7.30. The molecule has 106 valence electrons. The van der Waals surface area contributed by atoms with Gasteiger partial charge in [0.05, 0.1) is 18.6 Å². The molecule has 1 aliphatic heterocycles. The van der Waals surface area contributed by atoms with Crippen LogP contribution in [0.1, 0.15) is 31.1 Å².